The number of alkyl halides is 3. The van der Waals surface area contributed by atoms with Gasteiger partial charge in [0.2, 0.25) is 0 Å². The van der Waals surface area contributed by atoms with Crippen LogP contribution in [0.2, 0.25) is 0 Å². The molecule has 0 heterocycles. The third-order valence-electron chi connectivity index (χ3n) is 1.17. The third kappa shape index (κ3) is 8.84. The van der Waals surface area contributed by atoms with Crippen LogP contribution in [0.15, 0.2) is 0 Å². The van der Waals surface area contributed by atoms with E-state index in [1.165, 1.54) is 0 Å². The highest BCUT2D eigenvalue weighted by atomic mass is 35.6. The molecule has 0 spiro atoms. The van der Waals surface area contributed by atoms with Crippen LogP contribution in [0.4, 0.5) is 0 Å². The predicted octanol–water partition coefficient (Wildman–Crippen LogP) is 0.656. The Labute approximate surface area is 87.2 Å². The van der Waals surface area contributed by atoms with Crippen LogP contribution in [0.3, 0.4) is 0 Å². The summed E-state index contributed by atoms with van der Waals surface area (Å²) >= 11 is 16.4. The topological polar surface area (TPSA) is 58.3 Å². The van der Waals surface area contributed by atoms with Crippen molar-refractivity contribution < 1.29 is 5.11 Å². The smallest absolute Gasteiger partial charge is 0.193 e. The molecule has 0 saturated carbocycles. The van der Waals surface area contributed by atoms with E-state index in [2.05, 4.69) is 5.32 Å². The molecule has 74 valence electrons. The molecule has 0 aromatic carbocycles. The van der Waals surface area contributed by atoms with E-state index < -0.39 is 9.90 Å². The van der Waals surface area contributed by atoms with Crippen LogP contribution in [0, 0.1) is 0 Å². The Kier molecular flexibility index (Phi) is 6.63. The zero-order valence-corrected chi connectivity index (χ0v) is 8.83. The molecule has 1 unspecified atom stereocenters. The zero-order valence-electron chi connectivity index (χ0n) is 6.56. The summed E-state index contributed by atoms with van der Waals surface area (Å²) in [5.74, 6) is 0. The van der Waals surface area contributed by atoms with E-state index in [4.69, 9.17) is 40.5 Å². The normalized spacial score (nSPS) is 14.8. The number of hydrogen-bond donors (Lipinski definition) is 3. The Bertz CT molecular complexity index is 118. The van der Waals surface area contributed by atoms with Gasteiger partial charge in [-0.25, -0.2) is 0 Å². The number of rotatable bonds is 5. The second kappa shape index (κ2) is 6.24. The maximum atomic E-state index is 9.25. The summed E-state index contributed by atoms with van der Waals surface area (Å²) in [6, 6.07) is 0. The number of aliphatic hydroxyl groups is 1. The van der Waals surface area contributed by atoms with E-state index in [1.807, 2.05) is 0 Å². The van der Waals surface area contributed by atoms with Gasteiger partial charge in [-0.2, -0.15) is 0 Å². The molecule has 0 rings (SSSR count). The monoisotopic (exact) mass is 234 g/mol. The summed E-state index contributed by atoms with van der Waals surface area (Å²) in [6.45, 7) is 1.57. The molecule has 0 fully saturated rings. The second-order valence-electron chi connectivity index (χ2n) is 2.47. The fourth-order valence-corrected chi connectivity index (χ4v) is 1.24. The number of hydrogen-bond acceptors (Lipinski definition) is 3. The lowest BCUT2D eigenvalue weighted by Gasteiger charge is -2.16. The minimum Gasteiger partial charge on any atom is -0.392 e. The number of nitrogens with one attached hydrogen (secondary N) is 1. The van der Waals surface area contributed by atoms with Crippen molar-refractivity contribution in [2.75, 3.05) is 19.6 Å². The Morgan fingerprint density at radius 3 is 2.42 bits per heavy atom. The van der Waals surface area contributed by atoms with Crippen LogP contribution in [0.5, 0.6) is 0 Å². The van der Waals surface area contributed by atoms with Crippen molar-refractivity contribution in [3.8, 4) is 0 Å². The van der Waals surface area contributed by atoms with E-state index in [9.17, 15) is 5.11 Å². The standard InChI is InChI=1S/C6H13Cl3N2O/c7-6(8,9)3-5(12)4-11-2-1-10/h5,11-12H,1-4,10H2. The first-order valence-corrected chi connectivity index (χ1v) is 4.74. The van der Waals surface area contributed by atoms with Crippen molar-refractivity contribution in [1.82, 2.24) is 5.32 Å². The fourth-order valence-electron chi connectivity index (χ4n) is 0.710. The lowest BCUT2D eigenvalue weighted by atomic mass is 10.3. The number of nitrogens with two attached hydrogens (primary N) is 1. The highest BCUT2D eigenvalue weighted by molar-refractivity contribution is 6.67. The van der Waals surface area contributed by atoms with Gasteiger partial charge in [0.25, 0.3) is 0 Å². The van der Waals surface area contributed by atoms with E-state index in [0.29, 0.717) is 19.6 Å². The summed E-state index contributed by atoms with van der Waals surface area (Å²) in [5.41, 5.74) is 5.22. The van der Waals surface area contributed by atoms with Crippen LogP contribution in [-0.4, -0.2) is 34.6 Å². The second-order valence-corrected chi connectivity index (χ2v) is 4.98. The van der Waals surface area contributed by atoms with Crippen molar-refractivity contribution in [1.29, 1.82) is 0 Å². The summed E-state index contributed by atoms with van der Waals surface area (Å²) < 4.78 is -1.39. The van der Waals surface area contributed by atoms with Gasteiger partial charge in [-0.3, -0.25) is 0 Å². The zero-order chi connectivity index (χ0) is 9.61. The van der Waals surface area contributed by atoms with Gasteiger partial charge in [0, 0.05) is 26.1 Å². The van der Waals surface area contributed by atoms with E-state index in [0.717, 1.165) is 0 Å². The summed E-state index contributed by atoms with van der Waals surface area (Å²) in [4.78, 5) is 0. The fraction of sp³-hybridized carbons (Fsp3) is 1.00. The van der Waals surface area contributed by atoms with Gasteiger partial charge in [-0.05, 0) is 0 Å². The molecule has 0 aromatic rings. The molecule has 1 atom stereocenters. The van der Waals surface area contributed by atoms with E-state index >= 15 is 0 Å². The Morgan fingerprint density at radius 2 is 2.00 bits per heavy atom. The number of halogens is 3. The molecule has 6 heteroatoms. The molecule has 0 aliphatic rings. The highest BCUT2D eigenvalue weighted by Crippen LogP contribution is 2.31. The average Bonchev–Trinajstić information content (AvgIpc) is 1.84. The molecule has 12 heavy (non-hydrogen) atoms. The van der Waals surface area contributed by atoms with Gasteiger partial charge in [0.1, 0.15) is 0 Å². The number of aliphatic hydroxyl groups excluding tert-OH is 1. The minimum atomic E-state index is -1.39. The van der Waals surface area contributed by atoms with Crippen molar-refractivity contribution in [2.45, 2.75) is 16.3 Å². The lowest BCUT2D eigenvalue weighted by molar-refractivity contribution is 0.163. The first kappa shape index (κ1) is 12.8. The van der Waals surface area contributed by atoms with Crippen LogP contribution in [0.1, 0.15) is 6.42 Å². The van der Waals surface area contributed by atoms with Gasteiger partial charge in [-0.1, -0.05) is 34.8 Å². The average molecular weight is 236 g/mol. The molecule has 0 aliphatic heterocycles. The molecule has 0 radical (unpaired) electrons. The van der Waals surface area contributed by atoms with Crippen molar-refractivity contribution in [2.24, 2.45) is 5.73 Å². The van der Waals surface area contributed by atoms with Crippen molar-refractivity contribution in [3.05, 3.63) is 0 Å². The lowest BCUT2D eigenvalue weighted by Crippen LogP contribution is -2.32. The van der Waals surface area contributed by atoms with Crippen molar-refractivity contribution >= 4 is 34.8 Å². The summed E-state index contributed by atoms with van der Waals surface area (Å²) in [5, 5.41) is 12.2. The molecule has 0 saturated heterocycles. The van der Waals surface area contributed by atoms with Crippen LogP contribution >= 0.6 is 34.8 Å². The van der Waals surface area contributed by atoms with Gasteiger partial charge in [0.05, 0.1) is 6.10 Å². The largest absolute Gasteiger partial charge is 0.392 e. The van der Waals surface area contributed by atoms with Gasteiger partial charge < -0.3 is 16.2 Å². The van der Waals surface area contributed by atoms with Gasteiger partial charge in [0.15, 0.2) is 3.79 Å². The first-order valence-electron chi connectivity index (χ1n) is 3.61. The molecule has 0 aromatic heterocycles. The molecule has 0 amide bonds. The van der Waals surface area contributed by atoms with Crippen LogP contribution in [0.25, 0.3) is 0 Å². The summed E-state index contributed by atoms with van der Waals surface area (Å²) in [6.07, 6.45) is -0.529. The molecular formula is C6H13Cl3N2O. The van der Waals surface area contributed by atoms with Crippen LogP contribution < -0.4 is 11.1 Å². The molecule has 0 bridgehead atoms. The summed E-state index contributed by atoms with van der Waals surface area (Å²) in [7, 11) is 0. The maximum absolute atomic E-state index is 9.25. The quantitative estimate of drug-likeness (QED) is 0.485. The minimum absolute atomic E-state index is 0.120. The van der Waals surface area contributed by atoms with E-state index in [-0.39, 0.29) is 6.42 Å². The third-order valence-corrected chi connectivity index (χ3v) is 1.63. The molecule has 4 N–H and O–H groups in total. The Balaban J connectivity index is 3.40. The van der Waals surface area contributed by atoms with E-state index in [1.54, 1.807) is 0 Å². The molecular weight excluding hydrogens is 222 g/mol. The maximum Gasteiger partial charge on any atom is 0.193 e. The molecule has 3 nitrogen and oxygen atoms in total. The van der Waals surface area contributed by atoms with Crippen LogP contribution in [-0.2, 0) is 0 Å². The molecule has 0 aliphatic carbocycles. The Hall–Kier alpha value is 0.750. The predicted molar refractivity (Wildman–Crippen MR) is 52.8 cm³/mol. The van der Waals surface area contributed by atoms with Crippen molar-refractivity contribution in [3.63, 3.8) is 0 Å². The first-order chi connectivity index (χ1) is 5.45. The SMILES string of the molecule is NCCNCC(O)CC(Cl)(Cl)Cl. The van der Waals surface area contributed by atoms with Gasteiger partial charge >= 0.3 is 0 Å². The van der Waals surface area contributed by atoms with Gasteiger partial charge in [-0.15, -0.1) is 0 Å². The highest BCUT2D eigenvalue weighted by Gasteiger charge is 2.23. The Morgan fingerprint density at radius 1 is 1.42 bits per heavy atom.